The van der Waals surface area contributed by atoms with E-state index in [-0.39, 0.29) is 0 Å². The van der Waals surface area contributed by atoms with Crippen molar-refractivity contribution < 1.29 is 4.42 Å². The summed E-state index contributed by atoms with van der Waals surface area (Å²) >= 11 is 0. The quantitative estimate of drug-likeness (QED) is 0.0883. The van der Waals surface area contributed by atoms with Crippen LogP contribution in [0.5, 0.6) is 0 Å². The van der Waals surface area contributed by atoms with E-state index in [1.807, 2.05) is 31.2 Å². The molecule has 1 heteroatoms. The summed E-state index contributed by atoms with van der Waals surface area (Å²) in [6, 6.07) is 76.6. The smallest absolute Gasteiger partial charge is 0.143 e. The molecule has 326 valence electrons. The van der Waals surface area contributed by atoms with Gasteiger partial charge in [0.15, 0.2) is 0 Å². The topological polar surface area (TPSA) is 13.1 Å². The molecule has 0 unspecified atom stereocenters. The van der Waals surface area contributed by atoms with E-state index in [1.165, 1.54) is 87.3 Å². The van der Waals surface area contributed by atoms with Gasteiger partial charge in [-0.3, -0.25) is 0 Å². The van der Waals surface area contributed by atoms with Crippen LogP contribution in [0.3, 0.4) is 0 Å². The van der Waals surface area contributed by atoms with Crippen molar-refractivity contribution in [2.75, 3.05) is 0 Å². The van der Waals surface area contributed by atoms with E-state index in [1.54, 1.807) is 6.08 Å². The van der Waals surface area contributed by atoms with E-state index >= 15 is 0 Å². The van der Waals surface area contributed by atoms with Crippen molar-refractivity contribution in [3.8, 4) is 33.4 Å². The Morgan fingerprint density at radius 2 is 0.971 bits per heavy atom. The third-order valence-corrected chi connectivity index (χ3v) is 13.0. The van der Waals surface area contributed by atoms with Crippen LogP contribution in [-0.2, 0) is 0 Å². The number of benzene rings is 11. The van der Waals surface area contributed by atoms with Crippen LogP contribution in [0, 0.1) is 0 Å². The van der Waals surface area contributed by atoms with Crippen LogP contribution in [0.15, 0.2) is 260 Å². The molecule has 0 saturated heterocycles. The lowest BCUT2D eigenvalue weighted by Crippen LogP contribution is -1.92. The molecular formula is C67H52O. The first kappa shape index (κ1) is 43.4. The van der Waals surface area contributed by atoms with Crippen molar-refractivity contribution >= 4 is 81.4 Å². The Kier molecular flexibility index (Phi) is 12.5. The monoisotopic (exact) mass is 872 g/mol. The molecule has 0 aliphatic rings. The van der Waals surface area contributed by atoms with Crippen LogP contribution in [0.2, 0.25) is 0 Å². The standard InChI is InChI=1S/C50H30O.C12H14.C5H8/c1-2-17-35-31(13-1)14-12-26-38(35)48-42-23-8-6-21-40(42)47(41-22-7-9-24-43(41)48)34-16-11-15-32(29-34)33-27-28-45-46(30-33)51-50-44-25-10-4-19-37(44)36-18-3-5-20-39(36)49(45)50;1-3-8-11(4-2)12-9-6-5-7-10-12;1-3-5-4-2/h1-30H;3,5-10H,1,4H2,2H3;3-5H,1H2,2H3/b;11-8-;5-4-. The average Bonchev–Trinajstić information content (AvgIpc) is 3.80. The number of allylic oxidation sites excluding steroid dienone is 6. The van der Waals surface area contributed by atoms with E-state index in [0.717, 1.165) is 39.5 Å². The first-order valence-corrected chi connectivity index (χ1v) is 23.5. The predicted molar refractivity (Wildman–Crippen MR) is 297 cm³/mol. The molecular weight excluding hydrogens is 821 g/mol. The Bertz CT molecular complexity index is 3820. The zero-order valence-electron chi connectivity index (χ0n) is 38.6. The fourth-order valence-electron chi connectivity index (χ4n) is 9.96. The molecule has 0 aliphatic carbocycles. The van der Waals surface area contributed by atoms with Gasteiger partial charge in [0.1, 0.15) is 11.2 Å². The first-order valence-electron chi connectivity index (χ1n) is 23.5. The SMILES string of the molecule is C=C/C=C(/CC)c1ccccc1.C=C/C=C\C.c1cc(-c2ccc3c(c2)oc2c4ccccc4c4ccccc4c32)cc(-c2c3ccccc3c(-c3cccc4ccccc34)c3ccccc23)c1. The first-order chi connectivity index (χ1) is 33.6. The molecule has 68 heavy (non-hydrogen) atoms. The van der Waals surface area contributed by atoms with Gasteiger partial charge in [0.05, 0.1) is 0 Å². The molecule has 0 saturated carbocycles. The van der Waals surface area contributed by atoms with Gasteiger partial charge in [-0.1, -0.05) is 245 Å². The molecule has 12 aromatic rings. The zero-order valence-corrected chi connectivity index (χ0v) is 38.6. The van der Waals surface area contributed by atoms with Gasteiger partial charge in [-0.25, -0.2) is 0 Å². The second kappa shape index (κ2) is 19.5. The Labute approximate surface area is 398 Å². The van der Waals surface area contributed by atoms with Gasteiger partial charge in [0.2, 0.25) is 0 Å². The third-order valence-electron chi connectivity index (χ3n) is 13.0. The van der Waals surface area contributed by atoms with Gasteiger partial charge < -0.3 is 4.42 Å². The summed E-state index contributed by atoms with van der Waals surface area (Å²) in [7, 11) is 0. The Balaban J connectivity index is 0.000000271. The average molecular weight is 873 g/mol. The van der Waals surface area contributed by atoms with E-state index in [0.29, 0.717) is 0 Å². The van der Waals surface area contributed by atoms with Crippen LogP contribution >= 0.6 is 0 Å². The van der Waals surface area contributed by atoms with Crippen molar-refractivity contribution in [2.45, 2.75) is 20.3 Å². The Hall–Kier alpha value is -8.52. The summed E-state index contributed by atoms with van der Waals surface area (Å²) in [5.41, 5.74) is 11.8. The highest BCUT2D eigenvalue weighted by Gasteiger charge is 2.19. The van der Waals surface area contributed by atoms with Crippen molar-refractivity contribution in [1.29, 1.82) is 0 Å². The normalized spacial score (nSPS) is 11.6. The molecule has 0 N–H and O–H groups in total. The van der Waals surface area contributed by atoms with Crippen LogP contribution < -0.4 is 0 Å². The van der Waals surface area contributed by atoms with Gasteiger partial charge in [0, 0.05) is 16.2 Å². The van der Waals surface area contributed by atoms with Crippen LogP contribution in [0.1, 0.15) is 25.8 Å². The maximum atomic E-state index is 6.75. The number of furan rings is 1. The Morgan fingerprint density at radius 3 is 1.60 bits per heavy atom. The van der Waals surface area contributed by atoms with E-state index in [4.69, 9.17) is 4.42 Å². The molecule has 0 amide bonds. The molecule has 0 spiro atoms. The van der Waals surface area contributed by atoms with Gasteiger partial charge >= 0.3 is 0 Å². The number of hydrogen-bond donors (Lipinski definition) is 0. The van der Waals surface area contributed by atoms with Gasteiger partial charge in [-0.2, -0.15) is 0 Å². The second-order valence-electron chi connectivity index (χ2n) is 17.0. The number of hydrogen-bond acceptors (Lipinski definition) is 1. The summed E-state index contributed by atoms with van der Waals surface area (Å²) in [6.45, 7) is 11.3. The van der Waals surface area contributed by atoms with Crippen molar-refractivity contribution in [1.82, 2.24) is 0 Å². The van der Waals surface area contributed by atoms with Crippen LogP contribution in [0.4, 0.5) is 0 Å². The molecule has 0 atom stereocenters. The molecule has 1 aromatic heterocycles. The summed E-state index contributed by atoms with van der Waals surface area (Å²) in [5, 5.41) is 14.7. The molecule has 11 aromatic carbocycles. The zero-order chi connectivity index (χ0) is 46.4. The second-order valence-corrected chi connectivity index (χ2v) is 17.0. The Morgan fingerprint density at radius 1 is 0.441 bits per heavy atom. The molecule has 0 fully saturated rings. The third kappa shape index (κ3) is 8.10. The van der Waals surface area contributed by atoms with E-state index in [2.05, 4.69) is 232 Å². The van der Waals surface area contributed by atoms with E-state index in [9.17, 15) is 0 Å². The van der Waals surface area contributed by atoms with Crippen molar-refractivity contribution in [2.24, 2.45) is 0 Å². The van der Waals surface area contributed by atoms with Crippen molar-refractivity contribution in [3.63, 3.8) is 0 Å². The summed E-state index contributed by atoms with van der Waals surface area (Å²) in [6.07, 6.45) is 10.5. The fourth-order valence-corrected chi connectivity index (χ4v) is 9.96. The summed E-state index contributed by atoms with van der Waals surface area (Å²) in [4.78, 5) is 0. The minimum Gasteiger partial charge on any atom is -0.455 e. The van der Waals surface area contributed by atoms with Gasteiger partial charge in [-0.05, 0) is 125 Å². The minimum atomic E-state index is 0.907. The largest absolute Gasteiger partial charge is 0.455 e. The summed E-state index contributed by atoms with van der Waals surface area (Å²) < 4.78 is 6.75. The highest BCUT2D eigenvalue weighted by atomic mass is 16.3. The minimum absolute atomic E-state index is 0.907. The lowest BCUT2D eigenvalue weighted by Gasteiger charge is -2.19. The highest BCUT2D eigenvalue weighted by molar-refractivity contribution is 6.30. The maximum Gasteiger partial charge on any atom is 0.143 e. The lowest BCUT2D eigenvalue weighted by atomic mass is 9.84. The van der Waals surface area contributed by atoms with Crippen molar-refractivity contribution in [3.05, 3.63) is 261 Å². The molecule has 12 rings (SSSR count). The molecule has 1 nitrogen and oxygen atoms in total. The van der Waals surface area contributed by atoms with Crippen LogP contribution in [-0.4, -0.2) is 0 Å². The number of fused-ring (bicyclic) bond motifs is 11. The fraction of sp³-hybridized carbons (Fsp3) is 0.0448. The molecule has 0 aliphatic heterocycles. The lowest BCUT2D eigenvalue weighted by molar-refractivity contribution is 0.673. The molecule has 1 heterocycles. The molecule has 0 bridgehead atoms. The highest BCUT2D eigenvalue weighted by Crippen LogP contribution is 2.46. The number of rotatable bonds is 7. The summed E-state index contributed by atoms with van der Waals surface area (Å²) in [5.74, 6) is 0. The van der Waals surface area contributed by atoms with E-state index < -0.39 is 0 Å². The predicted octanol–water partition coefficient (Wildman–Crippen LogP) is 19.8. The maximum absolute atomic E-state index is 6.75. The van der Waals surface area contributed by atoms with Crippen LogP contribution in [0.25, 0.3) is 115 Å². The van der Waals surface area contributed by atoms with Gasteiger partial charge in [-0.15, -0.1) is 0 Å². The van der Waals surface area contributed by atoms with Gasteiger partial charge in [0.25, 0.3) is 0 Å². The molecule has 0 radical (unpaired) electrons.